The minimum Gasteiger partial charge on any atom is -0.348 e. The van der Waals surface area contributed by atoms with E-state index in [4.69, 9.17) is 0 Å². The SMILES string of the molecule is CCNC(C)(C)C(=O)NC1CCSc2ccc(F)cc21. The van der Waals surface area contributed by atoms with Crippen LogP contribution in [0.2, 0.25) is 0 Å². The summed E-state index contributed by atoms with van der Waals surface area (Å²) in [5.74, 6) is 0.633. The summed E-state index contributed by atoms with van der Waals surface area (Å²) in [5, 5.41) is 6.20. The molecule has 0 aliphatic carbocycles. The Morgan fingerprint density at radius 2 is 2.25 bits per heavy atom. The van der Waals surface area contributed by atoms with Gasteiger partial charge in [-0.05, 0) is 50.6 Å². The minimum atomic E-state index is -0.618. The monoisotopic (exact) mass is 296 g/mol. The summed E-state index contributed by atoms with van der Waals surface area (Å²) in [7, 11) is 0. The number of thioether (sulfide) groups is 1. The summed E-state index contributed by atoms with van der Waals surface area (Å²) in [4.78, 5) is 13.4. The lowest BCUT2D eigenvalue weighted by Crippen LogP contribution is -2.53. The van der Waals surface area contributed by atoms with E-state index >= 15 is 0 Å². The van der Waals surface area contributed by atoms with Gasteiger partial charge < -0.3 is 10.6 Å². The fourth-order valence-corrected chi connectivity index (χ4v) is 3.48. The van der Waals surface area contributed by atoms with Crippen LogP contribution >= 0.6 is 11.8 Å². The summed E-state index contributed by atoms with van der Waals surface area (Å²) >= 11 is 1.71. The molecular formula is C15H21FN2OS. The molecule has 0 spiro atoms. The molecule has 0 saturated carbocycles. The van der Waals surface area contributed by atoms with Crippen LogP contribution in [0.25, 0.3) is 0 Å². The maximum absolute atomic E-state index is 13.4. The molecule has 0 radical (unpaired) electrons. The number of benzene rings is 1. The molecule has 2 rings (SSSR count). The molecule has 1 unspecified atom stereocenters. The van der Waals surface area contributed by atoms with Crippen molar-refractivity contribution >= 4 is 17.7 Å². The van der Waals surface area contributed by atoms with Crippen molar-refractivity contribution in [2.75, 3.05) is 12.3 Å². The van der Waals surface area contributed by atoms with Crippen LogP contribution in [0.1, 0.15) is 38.8 Å². The zero-order valence-electron chi connectivity index (χ0n) is 12.1. The van der Waals surface area contributed by atoms with E-state index in [9.17, 15) is 9.18 Å². The zero-order chi connectivity index (χ0) is 14.8. The Kier molecular flexibility index (Phi) is 4.70. The lowest BCUT2D eigenvalue weighted by Gasteiger charge is -2.31. The summed E-state index contributed by atoms with van der Waals surface area (Å²) in [6, 6.07) is 4.70. The first kappa shape index (κ1) is 15.3. The Labute approximate surface area is 123 Å². The highest BCUT2D eigenvalue weighted by Gasteiger charge is 2.30. The fraction of sp³-hybridized carbons (Fsp3) is 0.533. The Morgan fingerprint density at radius 3 is 2.95 bits per heavy atom. The number of nitrogens with one attached hydrogen (secondary N) is 2. The van der Waals surface area contributed by atoms with Crippen LogP contribution in [0.5, 0.6) is 0 Å². The first-order chi connectivity index (χ1) is 9.44. The predicted molar refractivity (Wildman–Crippen MR) is 80.4 cm³/mol. The number of likely N-dealkylation sites (N-methyl/N-ethyl adjacent to an activating group) is 1. The third-order valence-electron chi connectivity index (χ3n) is 3.50. The van der Waals surface area contributed by atoms with E-state index in [0.717, 1.165) is 29.2 Å². The number of carbonyl (C=O) groups is 1. The fourth-order valence-electron chi connectivity index (χ4n) is 2.38. The van der Waals surface area contributed by atoms with Gasteiger partial charge in [0.2, 0.25) is 5.91 Å². The maximum atomic E-state index is 13.4. The van der Waals surface area contributed by atoms with Crippen molar-refractivity contribution in [3.63, 3.8) is 0 Å². The van der Waals surface area contributed by atoms with Gasteiger partial charge in [-0.1, -0.05) is 6.92 Å². The zero-order valence-corrected chi connectivity index (χ0v) is 12.9. The normalized spacial score (nSPS) is 18.5. The summed E-state index contributed by atoms with van der Waals surface area (Å²) in [5.41, 5.74) is 0.272. The molecule has 0 aromatic heterocycles. The standard InChI is InChI=1S/C15H21FN2OS/c1-4-17-15(2,3)14(19)18-12-7-8-20-13-6-5-10(16)9-11(12)13/h5-6,9,12,17H,4,7-8H2,1-3H3,(H,18,19). The van der Waals surface area contributed by atoms with Crippen LogP contribution in [0.15, 0.2) is 23.1 Å². The number of carbonyl (C=O) groups excluding carboxylic acids is 1. The Balaban J connectivity index is 2.16. The van der Waals surface area contributed by atoms with E-state index < -0.39 is 5.54 Å². The molecule has 2 N–H and O–H groups in total. The van der Waals surface area contributed by atoms with E-state index in [1.165, 1.54) is 12.1 Å². The van der Waals surface area contributed by atoms with Crippen molar-refractivity contribution in [1.29, 1.82) is 0 Å². The van der Waals surface area contributed by atoms with Crippen molar-refractivity contribution in [2.24, 2.45) is 0 Å². The molecule has 1 amide bonds. The molecule has 0 bridgehead atoms. The molecule has 1 aromatic carbocycles. The van der Waals surface area contributed by atoms with Gasteiger partial charge >= 0.3 is 0 Å². The van der Waals surface area contributed by atoms with Gasteiger partial charge in [0, 0.05) is 10.6 Å². The molecule has 3 nitrogen and oxygen atoms in total. The number of hydrogen-bond donors (Lipinski definition) is 2. The van der Waals surface area contributed by atoms with E-state index in [-0.39, 0.29) is 17.8 Å². The second kappa shape index (κ2) is 6.14. The summed E-state index contributed by atoms with van der Waals surface area (Å²) < 4.78 is 13.4. The van der Waals surface area contributed by atoms with Crippen LogP contribution in [-0.4, -0.2) is 23.7 Å². The highest BCUT2D eigenvalue weighted by Crippen LogP contribution is 2.36. The Bertz CT molecular complexity index is 505. The van der Waals surface area contributed by atoms with Crippen LogP contribution in [0.4, 0.5) is 4.39 Å². The molecule has 0 fully saturated rings. The van der Waals surface area contributed by atoms with Crippen LogP contribution in [-0.2, 0) is 4.79 Å². The second-order valence-corrected chi connectivity index (χ2v) is 6.64. The van der Waals surface area contributed by atoms with Crippen LogP contribution in [0, 0.1) is 5.82 Å². The smallest absolute Gasteiger partial charge is 0.240 e. The van der Waals surface area contributed by atoms with E-state index in [1.807, 2.05) is 20.8 Å². The van der Waals surface area contributed by atoms with E-state index in [2.05, 4.69) is 10.6 Å². The Hall–Kier alpha value is -1.07. The van der Waals surface area contributed by atoms with Gasteiger partial charge in [-0.25, -0.2) is 4.39 Å². The van der Waals surface area contributed by atoms with Crippen molar-refractivity contribution in [2.45, 2.75) is 43.7 Å². The van der Waals surface area contributed by atoms with Crippen LogP contribution < -0.4 is 10.6 Å². The largest absolute Gasteiger partial charge is 0.348 e. The topological polar surface area (TPSA) is 41.1 Å². The van der Waals surface area contributed by atoms with E-state index in [1.54, 1.807) is 17.8 Å². The average Bonchev–Trinajstić information content (AvgIpc) is 2.39. The van der Waals surface area contributed by atoms with Gasteiger partial charge in [-0.15, -0.1) is 11.8 Å². The maximum Gasteiger partial charge on any atom is 0.240 e. The first-order valence-electron chi connectivity index (χ1n) is 6.92. The average molecular weight is 296 g/mol. The Morgan fingerprint density at radius 1 is 1.50 bits per heavy atom. The molecule has 1 aliphatic rings. The van der Waals surface area contributed by atoms with Crippen molar-refractivity contribution in [3.05, 3.63) is 29.6 Å². The molecule has 0 saturated heterocycles. The van der Waals surface area contributed by atoms with Crippen molar-refractivity contribution < 1.29 is 9.18 Å². The molecule has 110 valence electrons. The number of hydrogen-bond acceptors (Lipinski definition) is 3. The second-order valence-electron chi connectivity index (χ2n) is 5.50. The van der Waals surface area contributed by atoms with Gasteiger partial charge in [0.1, 0.15) is 5.82 Å². The number of halogens is 1. The number of rotatable bonds is 4. The third kappa shape index (κ3) is 3.33. The molecule has 5 heteroatoms. The van der Waals surface area contributed by atoms with E-state index in [0.29, 0.717) is 0 Å². The van der Waals surface area contributed by atoms with Gasteiger partial charge in [0.15, 0.2) is 0 Å². The molecule has 1 aromatic rings. The number of amides is 1. The summed E-state index contributed by atoms with van der Waals surface area (Å²) in [6.45, 7) is 6.41. The lowest BCUT2D eigenvalue weighted by atomic mass is 9.99. The van der Waals surface area contributed by atoms with Gasteiger partial charge in [-0.3, -0.25) is 4.79 Å². The third-order valence-corrected chi connectivity index (χ3v) is 4.63. The van der Waals surface area contributed by atoms with Crippen molar-refractivity contribution in [1.82, 2.24) is 10.6 Å². The quantitative estimate of drug-likeness (QED) is 0.897. The van der Waals surface area contributed by atoms with Gasteiger partial charge in [0.05, 0.1) is 11.6 Å². The molecule has 20 heavy (non-hydrogen) atoms. The lowest BCUT2D eigenvalue weighted by molar-refractivity contribution is -0.127. The molecule has 1 aliphatic heterocycles. The molecule has 1 atom stereocenters. The molecule has 1 heterocycles. The predicted octanol–water partition coefficient (Wildman–Crippen LogP) is 2.87. The summed E-state index contributed by atoms with van der Waals surface area (Å²) in [6.07, 6.45) is 0.828. The first-order valence-corrected chi connectivity index (χ1v) is 7.91. The number of fused-ring (bicyclic) bond motifs is 1. The van der Waals surface area contributed by atoms with Gasteiger partial charge in [-0.2, -0.15) is 0 Å². The van der Waals surface area contributed by atoms with Crippen molar-refractivity contribution in [3.8, 4) is 0 Å². The highest BCUT2D eigenvalue weighted by molar-refractivity contribution is 7.99. The highest BCUT2D eigenvalue weighted by atomic mass is 32.2. The van der Waals surface area contributed by atoms with Gasteiger partial charge in [0.25, 0.3) is 0 Å². The minimum absolute atomic E-state index is 0.0496. The molecular weight excluding hydrogens is 275 g/mol. The van der Waals surface area contributed by atoms with Crippen LogP contribution in [0.3, 0.4) is 0 Å².